The van der Waals surface area contributed by atoms with Gasteiger partial charge in [0.25, 0.3) is 11.1 Å². The standard InChI is InChI=1S/C21H27N5O4S2/c1-5-7-26-16(22)15(18(29)24-21(26)30)13(27)9-31-20-23-17(28)14-12(8-10(3)6-2)11(4)32-19(14)25-20/h10H,5-9,22H2,1-4H3,(H,23,25,28)(H,24,29,30). The lowest BCUT2D eigenvalue weighted by atomic mass is 9.98. The van der Waals surface area contributed by atoms with E-state index in [-0.39, 0.29) is 29.2 Å². The summed E-state index contributed by atoms with van der Waals surface area (Å²) >= 11 is 2.48. The van der Waals surface area contributed by atoms with E-state index in [1.54, 1.807) is 0 Å². The Morgan fingerprint density at radius 2 is 1.94 bits per heavy atom. The molecule has 0 aliphatic carbocycles. The van der Waals surface area contributed by atoms with E-state index in [0.717, 1.165) is 35.0 Å². The number of hydrogen-bond acceptors (Lipinski definition) is 8. The average molecular weight is 478 g/mol. The molecule has 11 heteroatoms. The van der Waals surface area contributed by atoms with Crippen LogP contribution in [0.4, 0.5) is 5.82 Å². The maximum Gasteiger partial charge on any atom is 0.329 e. The van der Waals surface area contributed by atoms with Crippen molar-refractivity contribution in [2.75, 3.05) is 11.5 Å². The summed E-state index contributed by atoms with van der Waals surface area (Å²) in [5, 5.41) is 0.903. The zero-order valence-electron chi connectivity index (χ0n) is 18.5. The van der Waals surface area contributed by atoms with Gasteiger partial charge in [0.05, 0.1) is 11.1 Å². The number of thiophene rings is 1. The molecule has 3 heterocycles. The number of hydrogen-bond donors (Lipinski definition) is 3. The second kappa shape index (κ2) is 9.86. The Morgan fingerprint density at radius 1 is 1.22 bits per heavy atom. The number of rotatable bonds is 9. The number of nitrogens with one attached hydrogen (secondary N) is 2. The Labute approximate surface area is 192 Å². The van der Waals surface area contributed by atoms with Crippen molar-refractivity contribution in [2.24, 2.45) is 5.92 Å². The first-order valence-corrected chi connectivity index (χ1v) is 12.3. The van der Waals surface area contributed by atoms with Crippen LogP contribution < -0.4 is 22.5 Å². The molecule has 0 radical (unpaired) electrons. The molecule has 3 aromatic heterocycles. The summed E-state index contributed by atoms with van der Waals surface area (Å²) < 4.78 is 1.18. The van der Waals surface area contributed by atoms with Crippen LogP contribution in [0.15, 0.2) is 19.5 Å². The highest BCUT2D eigenvalue weighted by Crippen LogP contribution is 2.30. The molecule has 0 spiro atoms. The van der Waals surface area contributed by atoms with Gasteiger partial charge >= 0.3 is 5.69 Å². The van der Waals surface area contributed by atoms with Crippen LogP contribution in [-0.4, -0.2) is 31.1 Å². The normalized spacial score (nSPS) is 12.4. The lowest BCUT2D eigenvalue weighted by Crippen LogP contribution is -2.36. The van der Waals surface area contributed by atoms with E-state index in [4.69, 9.17) is 5.73 Å². The molecule has 0 fully saturated rings. The number of aromatic nitrogens is 4. The molecular weight excluding hydrogens is 450 g/mol. The highest BCUT2D eigenvalue weighted by atomic mass is 32.2. The van der Waals surface area contributed by atoms with Crippen molar-refractivity contribution in [3.63, 3.8) is 0 Å². The fourth-order valence-electron chi connectivity index (χ4n) is 3.47. The lowest BCUT2D eigenvalue weighted by Gasteiger charge is -2.11. The number of carbonyl (C=O) groups is 1. The van der Waals surface area contributed by atoms with Crippen LogP contribution >= 0.6 is 23.1 Å². The molecule has 1 unspecified atom stereocenters. The molecule has 1 atom stereocenters. The molecule has 3 rings (SSSR count). The van der Waals surface area contributed by atoms with Crippen molar-refractivity contribution in [3.05, 3.63) is 47.2 Å². The van der Waals surface area contributed by atoms with Gasteiger partial charge in [0.2, 0.25) is 0 Å². The van der Waals surface area contributed by atoms with Gasteiger partial charge in [0.1, 0.15) is 16.2 Å². The average Bonchev–Trinajstić information content (AvgIpc) is 3.04. The van der Waals surface area contributed by atoms with E-state index >= 15 is 0 Å². The van der Waals surface area contributed by atoms with E-state index in [1.165, 1.54) is 15.9 Å². The number of nitrogen functional groups attached to an aromatic ring is 1. The predicted molar refractivity (Wildman–Crippen MR) is 129 cm³/mol. The third kappa shape index (κ3) is 4.73. The second-order valence-corrected chi connectivity index (χ2v) is 9.96. The first kappa shape index (κ1) is 24.0. The summed E-state index contributed by atoms with van der Waals surface area (Å²) in [6.07, 6.45) is 2.45. The lowest BCUT2D eigenvalue weighted by molar-refractivity contribution is 0.102. The molecule has 0 amide bonds. The third-order valence-corrected chi connectivity index (χ3v) is 7.31. The third-order valence-electron chi connectivity index (χ3n) is 5.40. The smallest absolute Gasteiger partial charge is 0.329 e. The van der Waals surface area contributed by atoms with Crippen molar-refractivity contribution in [1.29, 1.82) is 0 Å². The van der Waals surface area contributed by atoms with E-state index in [9.17, 15) is 19.2 Å². The van der Waals surface area contributed by atoms with Crippen LogP contribution in [0.1, 0.15) is 54.4 Å². The highest BCUT2D eigenvalue weighted by Gasteiger charge is 2.21. The van der Waals surface area contributed by atoms with Gasteiger partial charge in [0.15, 0.2) is 10.9 Å². The van der Waals surface area contributed by atoms with Crippen LogP contribution in [0.3, 0.4) is 0 Å². The van der Waals surface area contributed by atoms with Gasteiger partial charge < -0.3 is 10.7 Å². The first-order valence-electron chi connectivity index (χ1n) is 10.5. The minimum Gasteiger partial charge on any atom is -0.384 e. The number of carbonyl (C=O) groups excluding carboxylic acids is 1. The van der Waals surface area contributed by atoms with E-state index in [2.05, 4.69) is 28.8 Å². The van der Waals surface area contributed by atoms with E-state index < -0.39 is 17.0 Å². The zero-order valence-corrected chi connectivity index (χ0v) is 20.2. The van der Waals surface area contributed by atoms with Crippen molar-refractivity contribution < 1.29 is 4.79 Å². The quantitative estimate of drug-likeness (QED) is 0.244. The van der Waals surface area contributed by atoms with Gasteiger partial charge in [-0.1, -0.05) is 39.0 Å². The van der Waals surface area contributed by atoms with E-state index in [1.807, 2.05) is 13.8 Å². The fraction of sp³-hybridized carbons (Fsp3) is 0.476. The Morgan fingerprint density at radius 3 is 2.59 bits per heavy atom. The first-order chi connectivity index (χ1) is 15.2. The molecule has 0 aliphatic rings. The predicted octanol–water partition coefficient (Wildman–Crippen LogP) is 2.70. The Hall–Kier alpha value is -2.66. The summed E-state index contributed by atoms with van der Waals surface area (Å²) in [7, 11) is 0. The maximum absolute atomic E-state index is 12.8. The topological polar surface area (TPSA) is 144 Å². The van der Waals surface area contributed by atoms with Gasteiger partial charge in [0, 0.05) is 11.4 Å². The monoisotopic (exact) mass is 477 g/mol. The van der Waals surface area contributed by atoms with Gasteiger partial charge in [-0.15, -0.1) is 11.3 Å². The number of anilines is 1. The van der Waals surface area contributed by atoms with Crippen LogP contribution in [-0.2, 0) is 13.0 Å². The summed E-state index contributed by atoms with van der Waals surface area (Å²) in [6.45, 7) is 8.40. The number of Topliss-reactive ketones (excluding diaryl/α,β-unsaturated/α-hetero) is 1. The van der Waals surface area contributed by atoms with E-state index in [0.29, 0.717) is 27.7 Å². The number of H-pyrrole nitrogens is 2. The molecule has 3 aromatic rings. The van der Waals surface area contributed by atoms with Gasteiger partial charge in [-0.2, -0.15) is 0 Å². The summed E-state index contributed by atoms with van der Waals surface area (Å²) in [4.78, 5) is 60.8. The Kier molecular flexibility index (Phi) is 7.40. The summed E-state index contributed by atoms with van der Waals surface area (Å²) in [5.41, 5.74) is 5.03. The van der Waals surface area contributed by atoms with Gasteiger partial charge in [-0.3, -0.25) is 23.9 Å². The molecular formula is C21H27N5O4S2. The fourth-order valence-corrected chi connectivity index (χ4v) is 5.32. The number of thioether (sulfide) groups is 1. The summed E-state index contributed by atoms with van der Waals surface area (Å²) in [6, 6.07) is 0. The van der Waals surface area contributed by atoms with Crippen molar-refractivity contribution >= 4 is 44.9 Å². The molecule has 0 saturated heterocycles. The second-order valence-electron chi connectivity index (χ2n) is 7.79. The molecule has 0 aliphatic heterocycles. The Balaban J connectivity index is 1.88. The minimum atomic E-state index is -0.814. The molecule has 172 valence electrons. The van der Waals surface area contributed by atoms with Gasteiger partial charge in [-0.05, 0) is 31.2 Å². The molecule has 0 saturated carbocycles. The van der Waals surface area contributed by atoms with Crippen LogP contribution in [0.2, 0.25) is 0 Å². The van der Waals surface area contributed by atoms with Crippen LogP contribution in [0.25, 0.3) is 10.2 Å². The maximum atomic E-state index is 12.8. The number of ketones is 1. The molecule has 4 N–H and O–H groups in total. The number of nitrogens with zero attached hydrogens (tertiary/aromatic N) is 2. The molecule has 9 nitrogen and oxygen atoms in total. The number of aryl methyl sites for hydroxylation is 1. The zero-order chi connectivity index (χ0) is 23.6. The van der Waals surface area contributed by atoms with Crippen LogP contribution in [0, 0.1) is 12.8 Å². The highest BCUT2D eigenvalue weighted by molar-refractivity contribution is 7.99. The van der Waals surface area contributed by atoms with Crippen molar-refractivity contribution in [1.82, 2.24) is 19.5 Å². The molecule has 32 heavy (non-hydrogen) atoms. The SMILES string of the molecule is CCCn1c(N)c(C(=O)CSc2nc3sc(C)c(CC(C)CC)c3c(=O)[nH]2)c(=O)[nH]c1=O. The van der Waals surface area contributed by atoms with Crippen molar-refractivity contribution in [3.8, 4) is 0 Å². The van der Waals surface area contributed by atoms with Crippen LogP contribution in [0.5, 0.6) is 0 Å². The van der Waals surface area contributed by atoms with Gasteiger partial charge in [-0.25, -0.2) is 9.78 Å². The van der Waals surface area contributed by atoms with Crippen molar-refractivity contribution in [2.45, 2.75) is 58.7 Å². The number of aromatic amines is 2. The molecule has 0 bridgehead atoms. The Bertz CT molecular complexity index is 1330. The largest absolute Gasteiger partial charge is 0.384 e. The summed E-state index contributed by atoms with van der Waals surface area (Å²) in [5.74, 6) is -0.388. The number of fused-ring (bicyclic) bond motifs is 1. The number of nitrogens with two attached hydrogens (primary N) is 1. The minimum absolute atomic E-state index is 0.147. The molecule has 0 aromatic carbocycles.